The van der Waals surface area contributed by atoms with E-state index < -0.39 is 0 Å². The quantitative estimate of drug-likeness (QED) is 0.836. The molecule has 1 saturated heterocycles. The third-order valence-corrected chi connectivity index (χ3v) is 5.70. The number of fused-ring (bicyclic) bond motifs is 1. The molecule has 0 radical (unpaired) electrons. The molecule has 2 heterocycles. The Morgan fingerprint density at radius 2 is 1.81 bits per heavy atom. The van der Waals surface area contributed by atoms with Gasteiger partial charge in [0.05, 0.1) is 5.69 Å². The molecule has 0 spiro atoms. The highest BCUT2D eigenvalue weighted by Crippen LogP contribution is 2.21. The summed E-state index contributed by atoms with van der Waals surface area (Å²) in [6, 6.07) is 7.44. The molecule has 0 unspecified atom stereocenters. The van der Waals surface area contributed by atoms with Crippen LogP contribution in [0.15, 0.2) is 35.1 Å². The van der Waals surface area contributed by atoms with E-state index in [-0.39, 0.29) is 17.3 Å². The second-order valence-corrected chi connectivity index (χ2v) is 7.59. The Labute approximate surface area is 157 Å². The van der Waals surface area contributed by atoms with Crippen molar-refractivity contribution in [3.63, 3.8) is 0 Å². The van der Waals surface area contributed by atoms with E-state index in [0.29, 0.717) is 31.1 Å². The lowest BCUT2D eigenvalue weighted by atomic mass is 9.95. The van der Waals surface area contributed by atoms with E-state index in [1.165, 1.54) is 24.3 Å². The van der Waals surface area contributed by atoms with E-state index in [1.54, 1.807) is 10.7 Å². The predicted octanol–water partition coefficient (Wildman–Crippen LogP) is 2.81. The molecule has 0 bridgehead atoms. The molecule has 1 fully saturated rings. The average Bonchev–Trinajstić information content (AvgIpc) is 2.69. The van der Waals surface area contributed by atoms with Crippen LogP contribution in [-0.2, 0) is 19.4 Å². The van der Waals surface area contributed by atoms with Gasteiger partial charge in [-0.3, -0.25) is 9.59 Å². The first-order valence-electron chi connectivity index (χ1n) is 9.75. The molecule has 4 rings (SSSR count). The fraction of sp³-hybridized carbons (Fsp3) is 0.476. The largest absolute Gasteiger partial charge is 0.339 e. The minimum absolute atomic E-state index is 0.0135. The highest BCUT2D eigenvalue weighted by Gasteiger charge is 2.25. The van der Waals surface area contributed by atoms with Crippen molar-refractivity contribution in [1.29, 1.82) is 0 Å². The second-order valence-electron chi connectivity index (χ2n) is 7.59. The van der Waals surface area contributed by atoms with Crippen molar-refractivity contribution in [2.45, 2.75) is 45.1 Å². The van der Waals surface area contributed by atoms with Crippen LogP contribution < -0.4 is 5.56 Å². The van der Waals surface area contributed by atoms with Crippen LogP contribution in [0.2, 0.25) is 0 Å². The van der Waals surface area contributed by atoms with Crippen molar-refractivity contribution in [2.24, 2.45) is 5.92 Å². The maximum atomic E-state index is 13.0. The summed E-state index contributed by atoms with van der Waals surface area (Å²) in [5.74, 6) is -0.0557. The number of amides is 1. The molecule has 0 atom stereocenters. The number of benzene rings is 1. The van der Waals surface area contributed by atoms with E-state index in [2.05, 4.69) is 5.10 Å². The zero-order valence-electron chi connectivity index (χ0n) is 15.4. The summed E-state index contributed by atoms with van der Waals surface area (Å²) in [7, 11) is 0. The molecule has 1 aromatic carbocycles. The molecule has 2 aliphatic rings. The number of piperidine rings is 1. The molecule has 2 aromatic rings. The van der Waals surface area contributed by atoms with E-state index in [4.69, 9.17) is 0 Å². The fourth-order valence-corrected chi connectivity index (χ4v) is 4.07. The molecule has 1 aliphatic heterocycles. The molecule has 1 aromatic heterocycles. The van der Waals surface area contributed by atoms with Crippen molar-refractivity contribution < 1.29 is 9.18 Å². The summed E-state index contributed by atoms with van der Waals surface area (Å²) in [4.78, 5) is 26.7. The van der Waals surface area contributed by atoms with Gasteiger partial charge in [-0.25, -0.2) is 9.07 Å². The van der Waals surface area contributed by atoms with E-state index >= 15 is 0 Å². The van der Waals surface area contributed by atoms with Crippen LogP contribution in [0.25, 0.3) is 0 Å². The zero-order valence-corrected chi connectivity index (χ0v) is 15.4. The van der Waals surface area contributed by atoms with Crippen LogP contribution in [-0.4, -0.2) is 33.7 Å². The maximum Gasteiger partial charge on any atom is 0.267 e. The SMILES string of the molecule is O=C(c1ccc(F)cc1)N1CCC(Cn2nc3c(cc2=O)CCCC3)CC1. The molecule has 6 heteroatoms. The number of carbonyl (C=O) groups excluding carboxylic acids is 1. The Kier molecular flexibility index (Phi) is 5.05. The normalized spacial score (nSPS) is 17.6. The molecule has 0 saturated carbocycles. The number of halogens is 1. The van der Waals surface area contributed by atoms with Crippen LogP contribution in [0, 0.1) is 11.7 Å². The van der Waals surface area contributed by atoms with Gasteiger partial charge in [-0.15, -0.1) is 0 Å². The van der Waals surface area contributed by atoms with Gasteiger partial charge in [0, 0.05) is 31.3 Å². The third kappa shape index (κ3) is 3.94. The van der Waals surface area contributed by atoms with Gasteiger partial charge < -0.3 is 4.90 Å². The molecule has 0 N–H and O–H groups in total. The first kappa shape index (κ1) is 17.9. The molecule has 1 aliphatic carbocycles. The van der Waals surface area contributed by atoms with Crippen LogP contribution in [0.5, 0.6) is 0 Å². The summed E-state index contributed by atoms with van der Waals surface area (Å²) in [6.07, 6.45) is 5.89. The smallest absolute Gasteiger partial charge is 0.267 e. The van der Waals surface area contributed by atoms with Gasteiger partial charge in [0.2, 0.25) is 0 Å². The molecule has 27 heavy (non-hydrogen) atoms. The van der Waals surface area contributed by atoms with Crippen LogP contribution in [0.3, 0.4) is 0 Å². The molecule has 142 valence electrons. The minimum atomic E-state index is -0.340. The van der Waals surface area contributed by atoms with E-state index in [0.717, 1.165) is 49.8 Å². The van der Waals surface area contributed by atoms with Crippen LogP contribution in [0.4, 0.5) is 4.39 Å². The summed E-state index contributed by atoms with van der Waals surface area (Å²) < 4.78 is 14.6. The summed E-state index contributed by atoms with van der Waals surface area (Å²) in [5, 5.41) is 4.60. The van der Waals surface area contributed by atoms with Gasteiger partial charge in [0.25, 0.3) is 11.5 Å². The Bertz CT molecular complexity index is 883. The summed E-state index contributed by atoms with van der Waals surface area (Å²) >= 11 is 0. The Hall–Kier alpha value is -2.50. The number of likely N-dealkylation sites (tertiary alicyclic amines) is 1. The van der Waals surface area contributed by atoms with Crippen LogP contribution >= 0.6 is 0 Å². The highest BCUT2D eigenvalue weighted by molar-refractivity contribution is 5.94. The van der Waals surface area contributed by atoms with Crippen molar-refractivity contribution in [1.82, 2.24) is 14.7 Å². The Morgan fingerprint density at radius 3 is 2.56 bits per heavy atom. The highest BCUT2D eigenvalue weighted by atomic mass is 19.1. The maximum absolute atomic E-state index is 13.0. The lowest BCUT2D eigenvalue weighted by Gasteiger charge is -2.32. The molecule has 5 nitrogen and oxygen atoms in total. The molecular formula is C21H24FN3O2. The Morgan fingerprint density at radius 1 is 1.11 bits per heavy atom. The van der Waals surface area contributed by atoms with Crippen molar-refractivity contribution >= 4 is 5.91 Å². The number of rotatable bonds is 3. The van der Waals surface area contributed by atoms with E-state index in [9.17, 15) is 14.0 Å². The van der Waals surface area contributed by atoms with Gasteiger partial charge in [-0.05, 0) is 74.3 Å². The van der Waals surface area contributed by atoms with Gasteiger partial charge in [0.1, 0.15) is 5.82 Å². The number of hydrogen-bond acceptors (Lipinski definition) is 3. The predicted molar refractivity (Wildman–Crippen MR) is 100 cm³/mol. The van der Waals surface area contributed by atoms with Crippen molar-refractivity contribution in [3.8, 4) is 0 Å². The standard InChI is InChI=1S/C21H24FN3O2/c22-18-7-5-16(6-8-18)21(27)24-11-9-15(10-12-24)14-25-20(26)13-17-3-1-2-4-19(17)23-25/h5-8,13,15H,1-4,9-12,14H2. The summed E-state index contributed by atoms with van der Waals surface area (Å²) in [5.41, 5.74) is 2.69. The number of aromatic nitrogens is 2. The first-order chi connectivity index (χ1) is 13.1. The minimum Gasteiger partial charge on any atom is -0.339 e. The lowest BCUT2D eigenvalue weighted by Crippen LogP contribution is -2.40. The fourth-order valence-electron chi connectivity index (χ4n) is 4.07. The molecular weight excluding hydrogens is 345 g/mol. The van der Waals surface area contributed by atoms with Gasteiger partial charge in [-0.1, -0.05) is 0 Å². The van der Waals surface area contributed by atoms with E-state index in [1.807, 2.05) is 4.90 Å². The van der Waals surface area contributed by atoms with Crippen molar-refractivity contribution in [2.75, 3.05) is 13.1 Å². The van der Waals surface area contributed by atoms with Gasteiger partial charge in [-0.2, -0.15) is 5.10 Å². The summed E-state index contributed by atoms with van der Waals surface area (Å²) in [6.45, 7) is 1.92. The molecule has 1 amide bonds. The number of carbonyl (C=O) groups is 1. The number of nitrogens with zero attached hydrogens (tertiary/aromatic N) is 3. The van der Waals surface area contributed by atoms with Gasteiger partial charge >= 0.3 is 0 Å². The average molecular weight is 369 g/mol. The zero-order chi connectivity index (χ0) is 18.8. The lowest BCUT2D eigenvalue weighted by molar-refractivity contribution is 0.0680. The first-order valence-corrected chi connectivity index (χ1v) is 9.75. The van der Waals surface area contributed by atoms with Gasteiger partial charge in [0.15, 0.2) is 0 Å². The second kappa shape index (κ2) is 7.62. The monoisotopic (exact) mass is 369 g/mol. The van der Waals surface area contributed by atoms with Crippen LogP contribution in [0.1, 0.15) is 47.3 Å². The number of aryl methyl sites for hydroxylation is 2. The topological polar surface area (TPSA) is 55.2 Å². The third-order valence-electron chi connectivity index (χ3n) is 5.70. The van der Waals surface area contributed by atoms with Crippen molar-refractivity contribution in [3.05, 3.63) is 63.3 Å². The Balaban J connectivity index is 1.38. The number of hydrogen-bond donors (Lipinski definition) is 0.